The van der Waals surface area contributed by atoms with Crippen LogP contribution in [0.3, 0.4) is 0 Å². The van der Waals surface area contributed by atoms with Crippen LogP contribution in [0, 0.1) is 14.9 Å². The largest absolute Gasteiger partial charge is 0.465 e. The molecule has 1 aromatic rings. The number of halogens is 2. The van der Waals surface area contributed by atoms with Gasteiger partial charge in [0.2, 0.25) is 0 Å². The molecule has 0 unspecified atom stereocenters. The van der Waals surface area contributed by atoms with Gasteiger partial charge in [0.15, 0.2) is 0 Å². The molecule has 0 aromatic heterocycles. The van der Waals surface area contributed by atoms with Crippen LogP contribution >= 0.6 is 34.2 Å². The van der Waals surface area contributed by atoms with E-state index < -0.39 is 5.97 Å². The van der Waals surface area contributed by atoms with E-state index in [1.165, 1.54) is 19.2 Å². The van der Waals surface area contributed by atoms with E-state index in [1.807, 2.05) is 28.7 Å². The molecule has 0 aliphatic rings. The molecule has 5 heteroatoms. The molecule has 0 heterocycles. The molecule has 0 amide bonds. The third-order valence-corrected chi connectivity index (χ3v) is 3.04. The predicted molar refractivity (Wildman–Crippen MR) is 60.2 cm³/mol. The fourth-order valence-electron chi connectivity index (χ4n) is 0.923. The zero-order valence-electron chi connectivity index (χ0n) is 7.17. The first-order valence-corrected chi connectivity index (χ1v) is 5.04. The van der Waals surface area contributed by atoms with Crippen molar-refractivity contribution in [3.05, 3.63) is 31.9 Å². The highest BCUT2D eigenvalue weighted by Gasteiger charge is 2.15. The maximum Gasteiger partial charge on any atom is 0.338 e. The van der Waals surface area contributed by atoms with Gasteiger partial charge in [-0.15, -0.1) is 0 Å². The van der Waals surface area contributed by atoms with Gasteiger partial charge in [-0.3, -0.25) is 0 Å². The van der Waals surface area contributed by atoms with Gasteiger partial charge in [-0.2, -0.15) is 5.26 Å². The molecule has 0 atom stereocenters. The Balaban J connectivity index is 3.37. The number of rotatable bonds is 1. The van der Waals surface area contributed by atoms with Crippen molar-refractivity contribution in [2.45, 2.75) is 0 Å². The fraction of sp³-hybridized carbons (Fsp3) is 0.111. The summed E-state index contributed by atoms with van der Waals surface area (Å²) in [5, 5.41) is 9.12. The van der Waals surface area contributed by atoms with Crippen LogP contribution in [0.5, 0.6) is 0 Å². The molecule has 1 aromatic carbocycles. The highest BCUT2D eigenvalue weighted by Crippen LogP contribution is 2.24. The van der Waals surface area contributed by atoms with Crippen LogP contribution in [0.25, 0.3) is 0 Å². The van der Waals surface area contributed by atoms with E-state index >= 15 is 0 Å². The summed E-state index contributed by atoms with van der Waals surface area (Å²) < 4.78 is 5.08. The number of nitrogens with zero attached hydrogens (tertiary/aromatic N) is 1. The molecular weight excluding hydrogens is 316 g/mol. The lowest BCUT2D eigenvalue weighted by Crippen LogP contribution is -2.05. The van der Waals surface area contributed by atoms with Crippen LogP contribution in [-0.4, -0.2) is 13.1 Å². The van der Waals surface area contributed by atoms with E-state index in [9.17, 15) is 4.79 Å². The van der Waals surface area contributed by atoms with Crippen molar-refractivity contribution < 1.29 is 9.53 Å². The summed E-state index contributed by atoms with van der Waals surface area (Å²) in [6, 6.07) is 4.98. The smallest absolute Gasteiger partial charge is 0.338 e. The van der Waals surface area contributed by atoms with Crippen LogP contribution in [0.2, 0.25) is 5.02 Å². The Hall–Kier alpha value is -0.800. The third kappa shape index (κ3) is 1.99. The molecule has 14 heavy (non-hydrogen) atoms. The van der Waals surface area contributed by atoms with Crippen molar-refractivity contribution in [2.24, 2.45) is 0 Å². The Labute approximate surface area is 99.8 Å². The maximum absolute atomic E-state index is 11.2. The number of hydrogen-bond acceptors (Lipinski definition) is 3. The van der Waals surface area contributed by atoms with Crippen LogP contribution in [0.1, 0.15) is 15.9 Å². The van der Waals surface area contributed by atoms with E-state index in [4.69, 9.17) is 16.9 Å². The van der Waals surface area contributed by atoms with Crippen molar-refractivity contribution in [1.82, 2.24) is 0 Å². The van der Waals surface area contributed by atoms with Crippen molar-refractivity contribution in [3.63, 3.8) is 0 Å². The fourth-order valence-corrected chi connectivity index (χ4v) is 2.09. The number of esters is 1. The molecule has 1 rings (SSSR count). The zero-order chi connectivity index (χ0) is 10.7. The molecule has 0 spiro atoms. The van der Waals surface area contributed by atoms with Gasteiger partial charge in [0.05, 0.1) is 23.3 Å². The summed E-state index contributed by atoms with van der Waals surface area (Å²) in [5.74, 6) is -0.470. The molecular formula is C9H5ClINO2. The first-order chi connectivity index (χ1) is 6.61. The van der Waals surface area contributed by atoms with Gasteiger partial charge in [-0.25, -0.2) is 4.79 Å². The summed E-state index contributed by atoms with van der Waals surface area (Å²) in [7, 11) is 1.29. The van der Waals surface area contributed by atoms with Gasteiger partial charge in [-0.1, -0.05) is 11.6 Å². The summed E-state index contributed by atoms with van der Waals surface area (Å²) in [4.78, 5) is 11.2. The number of methoxy groups -OCH3 is 1. The van der Waals surface area contributed by atoms with E-state index in [0.29, 0.717) is 19.7 Å². The standard InChI is InChI=1S/C9H5ClINO2/c1-14-9(13)5-2-3-7(10)6(4-12)8(5)11/h2-3H,1H3. The minimum atomic E-state index is -0.470. The Morgan fingerprint density at radius 1 is 1.64 bits per heavy atom. The second-order valence-electron chi connectivity index (χ2n) is 2.39. The highest BCUT2D eigenvalue weighted by molar-refractivity contribution is 14.1. The van der Waals surface area contributed by atoms with Gasteiger partial charge in [0.25, 0.3) is 0 Å². The summed E-state index contributed by atoms with van der Waals surface area (Å²) in [5.41, 5.74) is 0.657. The lowest BCUT2D eigenvalue weighted by Gasteiger charge is -2.04. The van der Waals surface area contributed by atoms with Crippen molar-refractivity contribution in [3.8, 4) is 6.07 Å². The Morgan fingerprint density at radius 2 is 2.29 bits per heavy atom. The highest BCUT2D eigenvalue weighted by atomic mass is 127. The molecule has 0 radical (unpaired) electrons. The van der Waals surface area contributed by atoms with Crippen LogP contribution in [-0.2, 0) is 4.74 Å². The van der Waals surface area contributed by atoms with E-state index in [2.05, 4.69) is 4.74 Å². The topological polar surface area (TPSA) is 50.1 Å². The molecule has 0 aliphatic carbocycles. The number of hydrogen-bond donors (Lipinski definition) is 0. The van der Waals surface area contributed by atoms with Crippen molar-refractivity contribution in [2.75, 3.05) is 7.11 Å². The average Bonchev–Trinajstić information content (AvgIpc) is 2.18. The number of carbonyl (C=O) groups excluding carboxylic acids is 1. The van der Waals surface area contributed by atoms with Crippen LogP contribution < -0.4 is 0 Å². The predicted octanol–water partition coefficient (Wildman–Crippen LogP) is 2.60. The monoisotopic (exact) mass is 321 g/mol. The van der Waals surface area contributed by atoms with E-state index in [0.717, 1.165) is 0 Å². The quantitative estimate of drug-likeness (QED) is 0.590. The molecule has 0 bridgehead atoms. The maximum atomic E-state index is 11.2. The second-order valence-corrected chi connectivity index (χ2v) is 3.87. The molecule has 0 saturated heterocycles. The number of carbonyl (C=O) groups is 1. The lowest BCUT2D eigenvalue weighted by molar-refractivity contribution is 0.0599. The van der Waals surface area contributed by atoms with Crippen molar-refractivity contribution in [1.29, 1.82) is 5.26 Å². The molecule has 3 nitrogen and oxygen atoms in total. The van der Waals surface area contributed by atoms with E-state index in [1.54, 1.807) is 0 Å². The lowest BCUT2D eigenvalue weighted by atomic mass is 10.1. The Bertz CT molecular complexity index is 426. The van der Waals surface area contributed by atoms with E-state index in [-0.39, 0.29) is 0 Å². The Morgan fingerprint density at radius 3 is 2.79 bits per heavy atom. The van der Waals surface area contributed by atoms with Gasteiger partial charge in [-0.05, 0) is 34.7 Å². The molecule has 0 saturated carbocycles. The first-order valence-electron chi connectivity index (χ1n) is 3.58. The summed E-state index contributed by atoms with van der Waals surface area (Å²) >= 11 is 7.67. The van der Waals surface area contributed by atoms with Gasteiger partial charge >= 0.3 is 5.97 Å². The summed E-state index contributed by atoms with van der Waals surface area (Å²) in [6.45, 7) is 0. The summed E-state index contributed by atoms with van der Waals surface area (Å²) in [6.07, 6.45) is 0. The minimum absolute atomic E-state index is 0.301. The first kappa shape index (κ1) is 11.3. The van der Waals surface area contributed by atoms with Crippen LogP contribution in [0.4, 0.5) is 0 Å². The molecule has 0 fully saturated rings. The third-order valence-electron chi connectivity index (χ3n) is 1.61. The number of nitriles is 1. The Kier molecular flexibility index (Phi) is 3.72. The average molecular weight is 322 g/mol. The molecule has 0 N–H and O–H groups in total. The van der Waals surface area contributed by atoms with Gasteiger partial charge in [0, 0.05) is 3.57 Å². The zero-order valence-corrected chi connectivity index (χ0v) is 10.1. The van der Waals surface area contributed by atoms with Crippen LogP contribution in [0.15, 0.2) is 12.1 Å². The number of benzene rings is 1. The molecule has 72 valence electrons. The minimum Gasteiger partial charge on any atom is -0.465 e. The number of ether oxygens (including phenoxy) is 1. The molecule has 0 aliphatic heterocycles. The van der Waals surface area contributed by atoms with Gasteiger partial charge in [0.1, 0.15) is 6.07 Å². The second kappa shape index (κ2) is 4.62. The SMILES string of the molecule is COC(=O)c1ccc(Cl)c(C#N)c1I. The van der Waals surface area contributed by atoms with Crippen molar-refractivity contribution >= 4 is 40.2 Å². The van der Waals surface area contributed by atoms with Gasteiger partial charge < -0.3 is 4.74 Å². The normalized spacial score (nSPS) is 9.29.